The maximum absolute atomic E-state index is 11.5. The number of anilines is 1. The molecule has 74 valence electrons. The fourth-order valence-corrected chi connectivity index (χ4v) is 1.66. The molecule has 1 amide bonds. The van der Waals surface area contributed by atoms with Gasteiger partial charge in [-0.1, -0.05) is 0 Å². The number of ketones is 1. The number of nitrogens with zero attached hydrogens (tertiary/aromatic N) is 2. The molecule has 0 fully saturated rings. The van der Waals surface area contributed by atoms with Gasteiger partial charge in [-0.05, 0) is 12.1 Å². The first-order valence-electron chi connectivity index (χ1n) is 4.37. The Morgan fingerprint density at radius 3 is 3.00 bits per heavy atom. The normalized spacial score (nSPS) is 14.1. The van der Waals surface area contributed by atoms with E-state index >= 15 is 0 Å². The average molecular weight is 201 g/mol. The van der Waals surface area contributed by atoms with Crippen molar-refractivity contribution in [3.05, 3.63) is 30.1 Å². The third kappa shape index (κ3) is 0.969. The Balaban J connectivity index is 0.000000963. The predicted molar refractivity (Wildman–Crippen MR) is 54.6 cm³/mol. The van der Waals surface area contributed by atoms with Crippen molar-refractivity contribution in [3.63, 3.8) is 0 Å². The van der Waals surface area contributed by atoms with Gasteiger partial charge in [-0.2, -0.15) is 0 Å². The van der Waals surface area contributed by atoms with E-state index in [0.717, 1.165) is 0 Å². The van der Waals surface area contributed by atoms with Crippen LogP contribution in [0.5, 0.6) is 0 Å². The fourth-order valence-electron chi connectivity index (χ4n) is 1.66. The molecule has 1 N–H and O–H groups in total. The molecular weight excluding hydrogens is 194 g/mol. The molecule has 15 heavy (non-hydrogen) atoms. The Kier molecular flexibility index (Phi) is 1.39. The summed E-state index contributed by atoms with van der Waals surface area (Å²) < 4.78 is 0. The molecule has 0 unspecified atom stereocenters. The van der Waals surface area contributed by atoms with E-state index in [4.69, 9.17) is 0 Å². The fraction of sp³-hybridized carbons (Fsp3) is 0. The molecule has 2 aromatic heterocycles. The van der Waals surface area contributed by atoms with Gasteiger partial charge in [-0.3, -0.25) is 9.59 Å². The minimum Gasteiger partial charge on any atom is -0.317 e. The molecule has 3 heterocycles. The van der Waals surface area contributed by atoms with Crippen molar-refractivity contribution in [2.75, 3.05) is 5.32 Å². The first-order chi connectivity index (χ1) is 7.27. The smallest absolute Gasteiger partial charge is 0.296 e. The van der Waals surface area contributed by atoms with E-state index in [0.29, 0.717) is 22.3 Å². The lowest BCUT2D eigenvalue weighted by molar-refractivity contribution is -0.112. The number of fused-ring (bicyclic) bond motifs is 3. The van der Waals surface area contributed by atoms with Gasteiger partial charge in [-0.15, -0.1) is 0 Å². The first kappa shape index (κ1) is 8.05. The van der Waals surface area contributed by atoms with Gasteiger partial charge in [0.05, 0.1) is 17.4 Å². The Bertz CT molecular complexity index is 612. The Morgan fingerprint density at radius 1 is 1.27 bits per heavy atom. The maximum Gasteiger partial charge on any atom is 0.296 e. The minimum absolute atomic E-state index is 0. The molecule has 1 aliphatic heterocycles. The van der Waals surface area contributed by atoms with Crippen LogP contribution in [0.15, 0.2) is 24.5 Å². The van der Waals surface area contributed by atoms with E-state index in [1.165, 1.54) is 6.20 Å². The number of Topliss-reactive ketones (excluding diaryl/α,β-unsaturated/α-hetero) is 1. The molecule has 5 heteroatoms. The van der Waals surface area contributed by atoms with Gasteiger partial charge in [0.2, 0.25) is 0 Å². The van der Waals surface area contributed by atoms with Crippen molar-refractivity contribution in [2.24, 2.45) is 0 Å². The van der Waals surface area contributed by atoms with Crippen LogP contribution in [-0.2, 0) is 4.79 Å². The quantitative estimate of drug-likeness (QED) is 0.645. The number of carbonyl (C=O) groups is 2. The molecule has 0 bridgehead atoms. The summed E-state index contributed by atoms with van der Waals surface area (Å²) in [5.74, 6) is -1.13. The van der Waals surface area contributed by atoms with Crippen molar-refractivity contribution in [1.29, 1.82) is 0 Å². The van der Waals surface area contributed by atoms with E-state index in [1.54, 1.807) is 18.3 Å². The van der Waals surface area contributed by atoms with Crippen LogP contribution in [0, 0.1) is 0 Å². The van der Waals surface area contributed by atoms with Crippen molar-refractivity contribution >= 4 is 28.4 Å². The summed E-state index contributed by atoms with van der Waals surface area (Å²) in [6.07, 6.45) is 3.05. The van der Waals surface area contributed by atoms with Gasteiger partial charge in [0, 0.05) is 13.0 Å². The van der Waals surface area contributed by atoms with E-state index in [-0.39, 0.29) is 1.43 Å². The summed E-state index contributed by atoms with van der Waals surface area (Å²) in [6.45, 7) is 0. The average Bonchev–Trinajstić information content (AvgIpc) is 2.55. The zero-order valence-corrected chi connectivity index (χ0v) is 7.52. The van der Waals surface area contributed by atoms with E-state index in [9.17, 15) is 9.59 Å². The van der Waals surface area contributed by atoms with Crippen molar-refractivity contribution in [1.82, 2.24) is 9.97 Å². The van der Waals surface area contributed by atoms with Crippen molar-refractivity contribution < 1.29 is 11.0 Å². The second-order valence-electron chi connectivity index (χ2n) is 3.20. The molecule has 0 aromatic carbocycles. The summed E-state index contributed by atoms with van der Waals surface area (Å²) in [5, 5.41) is 3.07. The first-order valence-corrected chi connectivity index (χ1v) is 4.37. The van der Waals surface area contributed by atoms with Crippen LogP contribution < -0.4 is 5.32 Å². The van der Waals surface area contributed by atoms with Gasteiger partial charge in [0.1, 0.15) is 0 Å². The lowest BCUT2D eigenvalue weighted by atomic mass is 10.1. The highest BCUT2D eigenvalue weighted by Gasteiger charge is 2.30. The Labute approximate surface area is 85.6 Å². The molecule has 0 saturated carbocycles. The summed E-state index contributed by atoms with van der Waals surface area (Å²) in [7, 11) is 0. The molecule has 0 radical (unpaired) electrons. The van der Waals surface area contributed by atoms with Crippen molar-refractivity contribution in [3.8, 4) is 0 Å². The van der Waals surface area contributed by atoms with Crippen LogP contribution in [0.25, 0.3) is 11.0 Å². The molecule has 1 aliphatic rings. The molecule has 5 nitrogen and oxygen atoms in total. The lowest BCUT2D eigenvalue weighted by Crippen LogP contribution is -2.12. The van der Waals surface area contributed by atoms with Crippen molar-refractivity contribution in [2.45, 2.75) is 0 Å². The SMILES string of the molecule is O=C1Nc2cnc3ncccc3c2C1=O.[HH]. The largest absolute Gasteiger partial charge is 0.317 e. The number of pyridine rings is 2. The highest BCUT2D eigenvalue weighted by Crippen LogP contribution is 2.27. The number of hydrogen-bond donors (Lipinski definition) is 1. The number of rotatable bonds is 0. The Hall–Kier alpha value is -2.30. The zero-order chi connectivity index (χ0) is 10.4. The topological polar surface area (TPSA) is 72.0 Å². The number of aromatic nitrogens is 2. The second-order valence-corrected chi connectivity index (χ2v) is 3.20. The third-order valence-electron chi connectivity index (χ3n) is 2.32. The summed E-state index contributed by atoms with van der Waals surface area (Å²) in [5.41, 5.74) is 1.31. The van der Waals surface area contributed by atoms with Gasteiger partial charge >= 0.3 is 0 Å². The number of hydrogen-bond acceptors (Lipinski definition) is 4. The van der Waals surface area contributed by atoms with Gasteiger partial charge in [-0.25, -0.2) is 9.97 Å². The second kappa shape index (κ2) is 2.60. The molecule has 2 aromatic rings. The number of amides is 1. The standard InChI is InChI=1S/C10H5N3O2.H2/c14-8-7-5-2-1-3-11-9(5)12-4-6(7)13-10(8)15;/h1-4H,(H,13,14,15);1H. The monoisotopic (exact) mass is 201 g/mol. The molecule has 0 saturated heterocycles. The van der Waals surface area contributed by atoms with E-state index < -0.39 is 11.7 Å². The van der Waals surface area contributed by atoms with Crippen LogP contribution in [0.4, 0.5) is 5.69 Å². The lowest BCUT2D eigenvalue weighted by Gasteiger charge is -1.99. The van der Waals surface area contributed by atoms with Gasteiger partial charge < -0.3 is 5.32 Å². The van der Waals surface area contributed by atoms with E-state index in [1.807, 2.05) is 0 Å². The highest BCUT2D eigenvalue weighted by molar-refractivity contribution is 6.53. The Morgan fingerprint density at radius 2 is 2.13 bits per heavy atom. The minimum atomic E-state index is -0.608. The van der Waals surface area contributed by atoms with Crippen LogP contribution in [-0.4, -0.2) is 21.7 Å². The van der Waals surface area contributed by atoms with Crippen LogP contribution in [0.2, 0.25) is 0 Å². The molecular formula is C10H7N3O2. The highest BCUT2D eigenvalue weighted by atomic mass is 16.2. The number of nitrogens with one attached hydrogen (secondary N) is 1. The molecule has 0 spiro atoms. The zero-order valence-electron chi connectivity index (χ0n) is 7.52. The molecule has 0 atom stereocenters. The maximum atomic E-state index is 11.5. The summed E-state index contributed by atoms with van der Waals surface area (Å²) in [4.78, 5) is 30.8. The molecule has 0 aliphatic carbocycles. The van der Waals surface area contributed by atoms with Gasteiger partial charge in [0.25, 0.3) is 11.7 Å². The predicted octanol–water partition coefficient (Wildman–Crippen LogP) is 1.01. The van der Waals surface area contributed by atoms with Crippen LogP contribution in [0.1, 0.15) is 11.8 Å². The van der Waals surface area contributed by atoms with Crippen LogP contribution >= 0.6 is 0 Å². The summed E-state index contributed by atoms with van der Waals surface area (Å²) >= 11 is 0. The molecule has 3 rings (SSSR count). The van der Waals surface area contributed by atoms with Gasteiger partial charge in [0.15, 0.2) is 5.65 Å². The third-order valence-corrected chi connectivity index (χ3v) is 2.32. The van der Waals surface area contributed by atoms with Crippen LogP contribution in [0.3, 0.4) is 0 Å². The number of carbonyl (C=O) groups excluding carboxylic acids is 2. The van der Waals surface area contributed by atoms with E-state index in [2.05, 4.69) is 15.3 Å². The summed E-state index contributed by atoms with van der Waals surface area (Å²) in [6, 6.07) is 3.44.